The molecule has 0 aliphatic carbocycles. The number of benzene rings is 2. The molecular formula is C18H17FN2O. The molecule has 1 heterocycles. The molecule has 2 aromatic carbocycles. The zero-order chi connectivity index (χ0) is 15.5. The summed E-state index contributed by atoms with van der Waals surface area (Å²) < 4.78 is 18.6. The Morgan fingerprint density at radius 2 is 2.14 bits per heavy atom. The van der Waals surface area contributed by atoms with E-state index in [0.29, 0.717) is 5.56 Å². The third kappa shape index (κ3) is 2.62. The second-order valence-corrected chi connectivity index (χ2v) is 5.40. The van der Waals surface area contributed by atoms with E-state index < -0.39 is 0 Å². The van der Waals surface area contributed by atoms with Crippen molar-refractivity contribution in [2.75, 3.05) is 18.6 Å². The van der Waals surface area contributed by atoms with E-state index in [-0.39, 0.29) is 11.9 Å². The Morgan fingerprint density at radius 3 is 2.91 bits per heavy atom. The molecule has 0 aromatic heterocycles. The topological polar surface area (TPSA) is 36.3 Å². The molecule has 3 rings (SSSR count). The summed E-state index contributed by atoms with van der Waals surface area (Å²) in [6.45, 7) is 0.863. The summed E-state index contributed by atoms with van der Waals surface area (Å²) in [5.41, 5.74) is 2.34. The van der Waals surface area contributed by atoms with Crippen LogP contribution >= 0.6 is 0 Å². The molecule has 0 amide bonds. The molecule has 1 atom stereocenters. The predicted molar refractivity (Wildman–Crippen MR) is 83.4 cm³/mol. The Bertz CT molecular complexity index is 723. The van der Waals surface area contributed by atoms with Crippen LogP contribution < -0.4 is 9.64 Å². The van der Waals surface area contributed by atoms with Crippen LogP contribution in [0.1, 0.15) is 30.0 Å². The number of nitrogens with zero attached hydrogens (tertiary/aromatic N) is 2. The highest BCUT2D eigenvalue weighted by atomic mass is 19.1. The smallest absolute Gasteiger partial charge is 0.124 e. The number of ether oxygens (including phenoxy) is 1. The maximum atomic E-state index is 13.4. The van der Waals surface area contributed by atoms with Crippen LogP contribution in [0.3, 0.4) is 0 Å². The first-order valence-corrected chi connectivity index (χ1v) is 7.33. The maximum Gasteiger partial charge on any atom is 0.124 e. The Kier molecular flexibility index (Phi) is 3.97. The lowest BCUT2D eigenvalue weighted by atomic mass is 10.0. The summed E-state index contributed by atoms with van der Waals surface area (Å²) in [7, 11) is 1.65. The van der Waals surface area contributed by atoms with Crippen molar-refractivity contribution < 1.29 is 9.13 Å². The van der Waals surface area contributed by atoms with E-state index in [0.717, 1.165) is 36.4 Å². The van der Waals surface area contributed by atoms with Gasteiger partial charge in [-0.05, 0) is 48.7 Å². The fourth-order valence-corrected chi connectivity index (χ4v) is 3.10. The minimum Gasteiger partial charge on any atom is -0.497 e. The minimum atomic E-state index is -0.377. The average molecular weight is 296 g/mol. The molecule has 1 saturated heterocycles. The first kappa shape index (κ1) is 14.4. The Balaban J connectivity index is 1.98. The monoisotopic (exact) mass is 296 g/mol. The molecule has 0 spiro atoms. The summed E-state index contributed by atoms with van der Waals surface area (Å²) in [6, 6.07) is 14.7. The second-order valence-electron chi connectivity index (χ2n) is 5.40. The molecule has 0 saturated carbocycles. The van der Waals surface area contributed by atoms with Gasteiger partial charge < -0.3 is 9.64 Å². The van der Waals surface area contributed by atoms with Crippen molar-refractivity contribution >= 4 is 5.69 Å². The van der Waals surface area contributed by atoms with Crippen LogP contribution in [0.15, 0.2) is 42.5 Å². The van der Waals surface area contributed by atoms with Crippen molar-refractivity contribution in [3.8, 4) is 11.8 Å². The molecule has 1 unspecified atom stereocenters. The van der Waals surface area contributed by atoms with Gasteiger partial charge in [-0.1, -0.05) is 12.1 Å². The van der Waals surface area contributed by atoms with E-state index in [1.165, 1.54) is 12.1 Å². The fraction of sp³-hybridized carbons (Fsp3) is 0.278. The Labute approximate surface area is 129 Å². The lowest BCUT2D eigenvalue weighted by Crippen LogP contribution is -2.23. The van der Waals surface area contributed by atoms with Gasteiger partial charge in [0.1, 0.15) is 17.6 Å². The first-order chi connectivity index (χ1) is 10.7. The predicted octanol–water partition coefficient (Wildman–Crippen LogP) is 4.05. The minimum absolute atomic E-state index is 0.188. The number of methoxy groups -OCH3 is 1. The van der Waals surface area contributed by atoms with Gasteiger partial charge in [0.2, 0.25) is 0 Å². The quantitative estimate of drug-likeness (QED) is 0.857. The van der Waals surface area contributed by atoms with Crippen molar-refractivity contribution in [2.45, 2.75) is 18.9 Å². The van der Waals surface area contributed by atoms with Gasteiger partial charge >= 0.3 is 0 Å². The number of nitriles is 1. The standard InChI is InChI=1S/C18H17FN2O/c1-22-16-5-2-4-13(11-16)17-6-3-9-21(17)18-8-7-15(19)10-14(18)12-20/h2,4-5,7-8,10-11,17H,3,6,9H2,1H3. The van der Waals surface area contributed by atoms with Gasteiger partial charge in [0.15, 0.2) is 0 Å². The van der Waals surface area contributed by atoms with Crippen molar-refractivity contribution in [1.82, 2.24) is 0 Å². The van der Waals surface area contributed by atoms with Crippen molar-refractivity contribution in [3.05, 3.63) is 59.4 Å². The molecule has 1 aliphatic rings. The normalized spacial score (nSPS) is 17.3. The van der Waals surface area contributed by atoms with Gasteiger partial charge in [-0.3, -0.25) is 0 Å². The number of hydrogen-bond acceptors (Lipinski definition) is 3. The zero-order valence-electron chi connectivity index (χ0n) is 12.4. The van der Waals surface area contributed by atoms with Crippen LogP contribution in [-0.2, 0) is 0 Å². The van der Waals surface area contributed by atoms with Crippen LogP contribution in [0, 0.1) is 17.1 Å². The molecule has 1 aliphatic heterocycles. The van der Waals surface area contributed by atoms with Crippen LogP contribution in [-0.4, -0.2) is 13.7 Å². The molecule has 4 heteroatoms. The van der Waals surface area contributed by atoms with Crippen molar-refractivity contribution in [2.24, 2.45) is 0 Å². The van der Waals surface area contributed by atoms with E-state index in [2.05, 4.69) is 17.0 Å². The molecule has 0 radical (unpaired) electrons. The molecule has 3 nitrogen and oxygen atoms in total. The molecule has 1 fully saturated rings. The average Bonchev–Trinajstić information content (AvgIpc) is 3.04. The van der Waals surface area contributed by atoms with Crippen molar-refractivity contribution in [3.63, 3.8) is 0 Å². The summed E-state index contributed by atoms with van der Waals surface area (Å²) in [4.78, 5) is 2.19. The molecule has 112 valence electrons. The third-order valence-electron chi connectivity index (χ3n) is 4.12. The van der Waals surface area contributed by atoms with Gasteiger partial charge in [-0.2, -0.15) is 5.26 Å². The van der Waals surface area contributed by atoms with Gasteiger partial charge in [0.25, 0.3) is 0 Å². The highest BCUT2D eigenvalue weighted by Crippen LogP contribution is 2.38. The SMILES string of the molecule is COc1cccc(C2CCCN2c2ccc(F)cc2C#N)c1. The van der Waals surface area contributed by atoms with Gasteiger partial charge in [-0.25, -0.2) is 4.39 Å². The highest BCUT2D eigenvalue weighted by molar-refractivity contribution is 5.61. The van der Waals surface area contributed by atoms with Crippen LogP contribution in [0.25, 0.3) is 0 Å². The molecule has 2 aromatic rings. The Morgan fingerprint density at radius 1 is 1.27 bits per heavy atom. The van der Waals surface area contributed by atoms with Crippen molar-refractivity contribution in [1.29, 1.82) is 5.26 Å². The summed E-state index contributed by atoms with van der Waals surface area (Å²) in [5, 5.41) is 9.28. The number of hydrogen-bond donors (Lipinski definition) is 0. The van der Waals surface area contributed by atoms with Crippen LogP contribution in [0.2, 0.25) is 0 Å². The first-order valence-electron chi connectivity index (χ1n) is 7.33. The third-order valence-corrected chi connectivity index (χ3v) is 4.12. The maximum absolute atomic E-state index is 13.4. The summed E-state index contributed by atoms with van der Waals surface area (Å²) >= 11 is 0. The van der Waals surface area contributed by atoms with E-state index in [1.807, 2.05) is 18.2 Å². The summed E-state index contributed by atoms with van der Waals surface area (Å²) in [6.07, 6.45) is 2.06. The lowest BCUT2D eigenvalue weighted by molar-refractivity contribution is 0.414. The van der Waals surface area contributed by atoms with E-state index in [9.17, 15) is 9.65 Å². The van der Waals surface area contributed by atoms with E-state index in [1.54, 1.807) is 13.2 Å². The van der Waals surface area contributed by atoms with E-state index >= 15 is 0 Å². The number of halogens is 1. The van der Waals surface area contributed by atoms with Gasteiger partial charge in [-0.15, -0.1) is 0 Å². The Hall–Kier alpha value is -2.54. The van der Waals surface area contributed by atoms with Crippen LogP contribution in [0.5, 0.6) is 5.75 Å². The fourth-order valence-electron chi connectivity index (χ4n) is 3.10. The van der Waals surface area contributed by atoms with Gasteiger partial charge in [0, 0.05) is 6.54 Å². The van der Waals surface area contributed by atoms with Crippen LogP contribution in [0.4, 0.5) is 10.1 Å². The molecule has 22 heavy (non-hydrogen) atoms. The molecule has 0 N–H and O–H groups in total. The second kappa shape index (κ2) is 6.07. The summed E-state index contributed by atoms with van der Waals surface area (Å²) in [5.74, 6) is 0.446. The lowest BCUT2D eigenvalue weighted by Gasteiger charge is -2.28. The highest BCUT2D eigenvalue weighted by Gasteiger charge is 2.28. The van der Waals surface area contributed by atoms with E-state index in [4.69, 9.17) is 4.74 Å². The molecule has 0 bridgehead atoms. The largest absolute Gasteiger partial charge is 0.497 e. The number of anilines is 1. The number of rotatable bonds is 3. The molecular weight excluding hydrogens is 279 g/mol. The zero-order valence-corrected chi connectivity index (χ0v) is 12.4. The van der Waals surface area contributed by atoms with Gasteiger partial charge in [0.05, 0.1) is 24.4 Å².